The molecule has 0 unspecified atom stereocenters. The predicted octanol–water partition coefficient (Wildman–Crippen LogP) is 5.29. The van der Waals surface area contributed by atoms with E-state index in [1.807, 2.05) is 65.2 Å². The number of hydrogen-bond donors (Lipinski definition) is 4. The molecule has 16 heteroatoms. The lowest BCUT2D eigenvalue weighted by molar-refractivity contribution is -0.199. The van der Waals surface area contributed by atoms with Crippen molar-refractivity contribution in [2.45, 2.75) is 162 Å². The molecule has 16 nitrogen and oxygen atoms in total. The average Bonchev–Trinajstić information content (AvgIpc) is 3.97. The Morgan fingerprint density at radius 2 is 1.61 bits per heavy atom. The van der Waals surface area contributed by atoms with E-state index in [1.54, 1.807) is 38.0 Å². The maximum absolute atomic E-state index is 14.6. The molecule has 2 aliphatic heterocycles. The van der Waals surface area contributed by atoms with E-state index in [4.69, 9.17) is 20.0 Å². The molecular formula is C51H86N8O8. The number of H-pyrrole nitrogens is 1. The number of carbonyl (C=O) groups excluding carboxylic acids is 5. The molecule has 3 heterocycles. The van der Waals surface area contributed by atoms with Gasteiger partial charge in [0.15, 0.2) is 0 Å². The molecule has 2 aliphatic rings. The summed E-state index contributed by atoms with van der Waals surface area (Å²) >= 11 is 0. The lowest BCUT2D eigenvalue weighted by Gasteiger charge is -2.41. The van der Waals surface area contributed by atoms with E-state index < -0.39 is 48.3 Å². The molecule has 0 bridgehead atoms. The van der Waals surface area contributed by atoms with Crippen LogP contribution in [0.15, 0.2) is 30.5 Å². The number of amides is 5. The first kappa shape index (κ1) is 55.5. The molecule has 1 aromatic carbocycles. The number of nitrogens with two attached hydrogens (primary N) is 1. The van der Waals surface area contributed by atoms with Crippen LogP contribution in [0.25, 0.3) is 10.9 Å². The van der Waals surface area contributed by atoms with Gasteiger partial charge in [0.1, 0.15) is 12.1 Å². The second-order valence-corrected chi connectivity index (χ2v) is 19.8. The van der Waals surface area contributed by atoms with Crippen LogP contribution in [0.3, 0.4) is 0 Å². The van der Waals surface area contributed by atoms with Gasteiger partial charge in [-0.2, -0.15) is 0 Å². The van der Waals surface area contributed by atoms with Gasteiger partial charge in [0.05, 0.1) is 49.3 Å². The highest BCUT2D eigenvalue weighted by atomic mass is 16.7. The molecule has 4 rings (SSSR count). The fourth-order valence-electron chi connectivity index (χ4n) is 10.3. The van der Waals surface area contributed by atoms with Crippen LogP contribution in [-0.2, 0) is 44.7 Å². The Kier molecular flexibility index (Phi) is 22.5. The van der Waals surface area contributed by atoms with Crippen molar-refractivity contribution in [3.05, 3.63) is 36.0 Å². The van der Waals surface area contributed by atoms with Gasteiger partial charge in [-0.3, -0.25) is 33.7 Å². The second kappa shape index (κ2) is 27.2. The zero-order valence-electron chi connectivity index (χ0n) is 42.7. The molecular weight excluding hydrogens is 853 g/mol. The summed E-state index contributed by atoms with van der Waals surface area (Å²) in [6.07, 6.45) is 8.59. The maximum Gasteiger partial charge on any atom is 0.269 e. The number of rotatable bonds is 27. The van der Waals surface area contributed by atoms with Gasteiger partial charge >= 0.3 is 0 Å². The molecule has 2 fully saturated rings. The number of methoxy groups -OCH3 is 2. The van der Waals surface area contributed by atoms with Crippen LogP contribution in [0.2, 0.25) is 0 Å². The van der Waals surface area contributed by atoms with Crippen molar-refractivity contribution in [1.82, 2.24) is 35.4 Å². The molecule has 2 saturated heterocycles. The second-order valence-electron chi connectivity index (χ2n) is 19.8. The monoisotopic (exact) mass is 939 g/mol. The van der Waals surface area contributed by atoms with Crippen LogP contribution in [0.4, 0.5) is 0 Å². The fourth-order valence-corrected chi connectivity index (χ4v) is 10.3. The number of likely N-dealkylation sites (tertiary alicyclic amines) is 1. The topological polar surface area (TPSA) is 192 Å². The Labute approximate surface area is 401 Å². The summed E-state index contributed by atoms with van der Waals surface area (Å²) in [6.45, 7) is 16.6. The summed E-state index contributed by atoms with van der Waals surface area (Å²) in [5, 5.41) is 8.55. The van der Waals surface area contributed by atoms with Crippen LogP contribution in [0.5, 0.6) is 0 Å². The Morgan fingerprint density at radius 3 is 2.24 bits per heavy atom. The molecule has 0 radical (unpaired) electrons. The van der Waals surface area contributed by atoms with Crippen molar-refractivity contribution in [3.8, 4) is 0 Å². The van der Waals surface area contributed by atoms with Crippen molar-refractivity contribution in [3.63, 3.8) is 0 Å². The first-order valence-electron chi connectivity index (χ1n) is 25.1. The molecule has 9 atom stereocenters. The van der Waals surface area contributed by atoms with Crippen molar-refractivity contribution in [2.75, 3.05) is 61.1 Å². The van der Waals surface area contributed by atoms with E-state index in [0.29, 0.717) is 32.7 Å². The van der Waals surface area contributed by atoms with E-state index in [2.05, 4.69) is 34.4 Å². The molecule has 378 valence electrons. The van der Waals surface area contributed by atoms with E-state index in [1.165, 1.54) is 5.06 Å². The fraction of sp³-hybridized carbons (Fsp3) is 0.745. The molecule has 1 aromatic heterocycles. The maximum atomic E-state index is 14.6. The number of nitrogens with zero attached hydrogens (tertiary/aromatic N) is 4. The summed E-state index contributed by atoms with van der Waals surface area (Å²) < 4.78 is 12.2. The van der Waals surface area contributed by atoms with Gasteiger partial charge in [0.25, 0.3) is 5.91 Å². The smallest absolute Gasteiger partial charge is 0.269 e. The van der Waals surface area contributed by atoms with Crippen LogP contribution in [0, 0.1) is 23.7 Å². The number of aromatic nitrogens is 1. The number of carbonyl (C=O) groups is 5. The van der Waals surface area contributed by atoms with Crippen LogP contribution < -0.4 is 16.4 Å². The van der Waals surface area contributed by atoms with Crippen molar-refractivity contribution in [1.29, 1.82) is 0 Å². The van der Waals surface area contributed by atoms with Gasteiger partial charge < -0.3 is 40.6 Å². The van der Waals surface area contributed by atoms with Crippen molar-refractivity contribution >= 4 is 40.4 Å². The number of benzene rings is 1. The molecule has 2 aromatic rings. The third-order valence-corrected chi connectivity index (χ3v) is 14.3. The minimum absolute atomic E-state index is 0.00211. The normalized spacial score (nSPS) is 19.2. The van der Waals surface area contributed by atoms with E-state index in [9.17, 15) is 24.0 Å². The highest BCUT2D eigenvalue weighted by Crippen LogP contribution is 2.30. The zero-order valence-corrected chi connectivity index (χ0v) is 42.7. The highest BCUT2D eigenvalue weighted by Gasteiger charge is 2.44. The van der Waals surface area contributed by atoms with Gasteiger partial charge in [-0.15, -0.1) is 0 Å². The Morgan fingerprint density at radius 1 is 0.896 bits per heavy atom. The zero-order chi connectivity index (χ0) is 49.4. The van der Waals surface area contributed by atoms with Crippen molar-refractivity contribution in [2.24, 2.45) is 29.4 Å². The quantitative estimate of drug-likeness (QED) is 0.0857. The number of unbranched alkanes of at least 4 members (excludes halogenated alkanes) is 3. The molecule has 0 aliphatic carbocycles. The molecule has 0 spiro atoms. The van der Waals surface area contributed by atoms with E-state index >= 15 is 0 Å². The third-order valence-electron chi connectivity index (χ3n) is 14.3. The van der Waals surface area contributed by atoms with Gasteiger partial charge in [0, 0.05) is 57.9 Å². The highest BCUT2D eigenvalue weighted by molar-refractivity contribution is 5.91. The van der Waals surface area contributed by atoms with Gasteiger partial charge in [0.2, 0.25) is 23.6 Å². The van der Waals surface area contributed by atoms with Crippen LogP contribution in [-0.4, -0.2) is 158 Å². The Balaban J connectivity index is 1.49. The number of fused-ring (bicyclic) bond motifs is 1. The Hall–Kier alpha value is -4.09. The number of para-hydroxylation sites is 1. The first-order valence-corrected chi connectivity index (χ1v) is 25.1. The number of ether oxygens (including phenoxy) is 2. The summed E-state index contributed by atoms with van der Waals surface area (Å²) in [7, 11) is 6.84. The Bertz CT molecular complexity index is 1870. The number of likely N-dealkylation sites (N-methyl/N-ethyl adjacent to an activating group) is 2. The standard InChI is InChI=1S/C51H86N8O8/c1-12-35(6)46(57(9)51(64)44(33(2)3)55-49(62)45(34(4)5)56(8)26-18-14-13-17-25-52)42(65-10)31-43(60)58-27-21-24-41(58)47(66-11)36(7)48(61)54-40(50(63)59-28-19-20-29-67-59)30-37-32-53-39-23-16-15-22-38(37)39/h15-16,22-23,32-36,40-42,44-47,53H,12-14,17-21,24-31,52H2,1-11H3,(H,54,61)(H,55,62)/t35-,36+,40-,41-,42+,44-,45-,46-,47+/m0/s1. The third kappa shape index (κ3) is 14.7. The summed E-state index contributed by atoms with van der Waals surface area (Å²) in [4.78, 5) is 86.0. The summed E-state index contributed by atoms with van der Waals surface area (Å²) in [6, 6.07) is 4.86. The SMILES string of the molecule is CC[C@H](C)[C@@H]([C@@H](CC(=O)N1CCC[C@H]1[C@H](OC)[C@@H](C)C(=O)N[C@@H](Cc1c[nH]c2ccccc12)C(=O)N1CCCCO1)OC)N(C)C(=O)[C@@H](NC(=O)[C@H](C(C)C)N(C)CCCCCCN)C(C)C. The number of hydroxylamine groups is 2. The van der Waals surface area contributed by atoms with Crippen LogP contribution in [0.1, 0.15) is 118 Å². The summed E-state index contributed by atoms with van der Waals surface area (Å²) in [5.41, 5.74) is 7.52. The van der Waals surface area contributed by atoms with Gasteiger partial charge in [-0.25, -0.2) is 5.06 Å². The molecule has 67 heavy (non-hydrogen) atoms. The van der Waals surface area contributed by atoms with Crippen LogP contribution >= 0.6 is 0 Å². The average molecular weight is 939 g/mol. The largest absolute Gasteiger partial charge is 0.379 e. The first-order chi connectivity index (χ1) is 32.0. The van der Waals surface area contributed by atoms with Gasteiger partial charge in [-0.1, -0.05) is 85.9 Å². The minimum atomic E-state index is -0.894. The van der Waals surface area contributed by atoms with Crippen molar-refractivity contribution < 1.29 is 38.3 Å². The number of nitrogens with one attached hydrogen (secondary N) is 3. The molecule has 5 N–H and O–H groups in total. The molecule has 5 amide bonds. The van der Waals surface area contributed by atoms with Gasteiger partial charge in [-0.05, 0) is 88.0 Å². The number of aromatic amines is 1. The van der Waals surface area contributed by atoms with E-state index in [-0.39, 0.29) is 60.1 Å². The number of hydrogen-bond acceptors (Lipinski definition) is 10. The lowest BCUT2D eigenvalue weighted by Crippen LogP contribution is -2.60. The lowest BCUT2D eigenvalue weighted by atomic mass is 9.89. The molecule has 0 saturated carbocycles. The summed E-state index contributed by atoms with van der Waals surface area (Å²) in [5.74, 6) is -2.20. The minimum Gasteiger partial charge on any atom is -0.379 e. The predicted molar refractivity (Wildman–Crippen MR) is 263 cm³/mol. The van der Waals surface area contributed by atoms with E-state index in [0.717, 1.165) is 74.4 Å².